The predicted molar refractivity (Wildman–Crippen MR) is 107 cm³/mol. The Balaban J connectivity index is 1.33. The van der Waals surface area contributed by atoms with E-state index in [-0.39, 0.29) is 0 Å². The summed E-state index contributed by atoms with van der Waals surface area (Å²) in [6.45, 7) is 5.34. The summed E-state index contributed by atoms with van der Waals surface area (Å²) in [5.41, 5.74) is 4.73. The highest BCUT2D eigenvalue weighted by Crippen LogP contribution is 2.21. The summed E-state index contributed by atoms with van der Waals surface area (Å²) < 4.78 is 0.685. The second-order valence-corrected chi connectivity index (χ2v) is 7.36. The van der Waals surface area contributed by atoms with E-state index in [0.29, 0.717) is 4.77 Å². The van der Waals surface area contributed by atoms with Crippen LogP contribution in [0.15, 0.2) is 42.5 Å². The topological polar surface area (TPSA) is 38.1 Å². The first kappa shape index (κ1) is 16.6. The summed E-state index contributed by atoms with van der Waals surface area (Å²) in [4.78, 5) is 11.3. The highest BCUT2D eigenvalue weighted by molar-refractivity contribution is 7.71. The van der Waals surface area contributed by atoms with Gasteiger partial charge in [0.1, 0.15) is 0 Å². The Bertz CT molecular complexity index is 924. The van der Waals surface area contributed by atoms with Gasteiger partial charge in [0.05, 0.1) is 11.0 Å². The maximum Gasteiger partial charge on any atom is 0.175 e. The standard InChI is InChI=1S/C19H21ClN4S/c20-15-2-1-3-16(13-15)24-10-8-23(9-11-24)7-6-14-4-5-17-18(12-14)22-19(25)21-17/h1-5,12-13H,6-11H2,(H2,21,22,25). The number of halogens is 1. The van der Waals surface area contributed by atoms with Crippen LogP contribution in [-0.4, -0.2) is 47.6 Å². The minimum absolute atomic E-state index is 0.685. The van der Waals surface area contributed by atoms with Crippen LogP contribution in [0.4, 0.5) is 5.69 Å². The lowest BCUT2D eigenvalue weighted by molar-refractivity contribution is 0.261. The zero-order chi connectivity index (χ0) is 17.2. The smallest absolute Gasteiger partial charge is 0.175 e. The van der Waals surface area contributed by atoms with Gasteiger partial charge in [0.15, 0.2) is 4.77 Å². The molecule has 2 N–H and O–H groups in total. The molecule has 0 bridgehead atoms. The monoisotopic (exact) mass is 372 g/mol. The van der Waals surface area contributed by atoms with Crippen LogP contribution in [0.1, 0.15) is 5.56 Å². The van der Waals surface area contributed by atoms with E-state index in [9.17, 15) is 0 Å². The molecule has 0 atom stereocenters. The van der Waals surface area contributed by atoms with E-state index in [1.165, 1.54) is 11.3 Å². The summed E-state index contributed by atoms with van der Waals surface area (Å²) in [7, 11) is 0. The van der Waals surface area contributed by atoms with E-state index >= 15 is 0 Å². The third-order valence-corrected chi connectivity index (χ3v) is 5.28. The third kappa shape index (κ3) is 3.89. The van der Waals surface area contributed by atoms with Gasteiger partial charge in [-0.3, -0.25) is 4.90 Å². The second kappa shape index (κ2) is 7.20. The summed E-state index contributed by atoms with van der Waals surface area (Å²) >= 11 is 11.3. The molecule has 0 saturated carbocycles. The number of imidazole rings is 1. The van der Waals surface area contributed by atoms with Gasteiger partial charge in [-0.1, -0.05) is 23.7 Å². The first-order valence-electron chi connectivity index (χ1n) is 8.61. The van der Waals surface area contributed by atoms with Gasteiger partial charge in [-0.2, -0.15) is 0 Å². The minimum atomic E-state index is 0.685. The molecule has 0 radical (unpaired) electrons. The first-order valence-corrected chi connectivity index (χ1v) is 9.40. The Labute approximate surface area is 157 Å². The summed E-state index contributed by atoms with van der Waals surface area (Å²) in [5, 5.41) is 0.805. The summed E-state index contributed by atoms with van der Waals surface area (Å²) in [6, 6.07) is 14.6. The van der Waals surface area contributed by atoms with E-state index in [2.05, 4.69) is 44.0 Å². The maximum absolute atomic E-state index is 6.10. The maximum atomic E-state index is 6.10. The van der Waals surface area contributed by atoms with Crippen LogP contribution in [-0.2, 0) is 6.42 Å². The molecule has 1 saturated heterocycles. The Hall–Kier alpha value is -1.82. The number of hydrogen-bond acceptors (Lipinski definition) is 3. The van der Waals surface area contributed by atoms with E-state index in [4.69, 9.17) is 23.8 Å². The van der Waals surface area contributed by atoms with Crippen molar-refractivity contribution in [3.05, 3.63) is 57.8 Å². The molecule has 1 aliphatic rings. The number of piperazine rings is 1. The molecule has 4 nitrogen and oxygen atoms in total. The molecule has 130 valence electrons. The average molecular weight is 373 g/mol. The van der Waals surface area contributed by atoms with Crippen LogP contribution in [0.2, 0.25) is 5.02 Å². The molecule has 6 heteroatoms. The van der Waals surface area contributed by atoms with Crippen molar-refractivity contribution in [3.8, 4) is 0 Å². The van der Waals surface area contributed by atoms with Gasteiger partial charge in [0.25, 0.3) is 0 Å². The zero-order valence-electron chi connectivity index (χ0n) is 14.0. The van der Waals surface area contributed by atoms with Crippen LogP contribution in [0.3, 0.4) is 0 Å². The zero-order valence-corrected chi connectivity index (χ0v) is 15.5. The van der Waals surface area contributed by atoms with Crippen molar-refractivity contribution in [2.45, 2.75) is 6.42 Å². The van der Waals surface area contributed by atoms with E-state index in [1.54, 1.807) is 0 Å². The van der Waals surface area contributed by atoms with Crippen molar-refractivity contribution in [1.82, 2.24) is 14.9 Å². The molecule has 4 rings (SSSR count). The molecule has 0 aliphatic carbocycles. The first-order chi connectivity index (χ1) is 12.2. The Morgan fingerprint density at radius 1 is 0.960 bits per heavy atom. The molecule has 1 fully saturated rings. The van der Waals surface area contributed by atoms with Gasteiger partial charge in [-0.15, -0.1) is 0 Å². The normalized spacial score (nSPS) is 15.8. The van der Waals surface area contributed by atoms with Crippen LogP contribution < -0.4 is 4.90 Å². The molecule has 0 spiro atoms. The lowest BCUT2D eigenvalue weighted by atomic mass is 10.1. The number of aromatic nitrogens is 2. The van der Waals surface area contributed by atoms with Crippen LogP contribution in [0, 0.1) is 4.77 Å². The molecule has 0 unspecified atom stereocenters. The van der Waals surface area contributed by atoms with Crippen molar-refractivity contribution < 1.29 is 0 Å². The molecule has 0 amide bonds. The Morgan fingerprint density at radius 3 is 2.56 bits per heavy atom. The number of aromatic amines is 2. The van der Waals surface area contributed by atoms with Crippen molar-refractivity contribution >= 4 is 40.5 Å². The molecule has 25 heavy (non-hydrogen) atoms. The Morgan fingerprint density at radius 2 is 1.76 bits per heavy atom. The van der Waals surface area contributed by atoms with Gasteiger partial charge >= 0.3 is 0 Å². The molecule has 2 heterocycles. The highest BCUT2D eigenvalue weighted by atomic mass is 35.5. The van der Waals surface area contributed by atoms with E-state index in [0.717, 1.165) is 55.2 Å². The number of anilines is 1. The van der Waals surface area contributed by atoms with Gasteiger partial charge in [-0.05, 0) is 54.5 Å². The molecule has 1 aromatic heterocycles. The Kier molecular flexibility index (Phi) is 4.79. The fraction of sp³-hybridized carbons (Fsp3) is 0.316. The van der Waals surface area contributed by atoms with Gasteiger partial charge < -0.3 is 14.9 Å². The van der Waals surface area contributed by atoms with E-state index in [1.807, 2.05) is 18.2 Å². The van der Waals surface area contributed by atoms with Crippen LogP contribution in [0.5, 0.6) is 0 Å². The third-order valence-electron chi connectivity index (χ3n) is 4.84. The molecule has 1 aliphatic heterocycles. The van der Waals surface area contributed by atoms with Crippen molar-refractivity contribution in [3.63, 3.8) is 0 Å². The number of fused-ring (bicyclic) bond motifs is 1. The van der Waals surface area contributed by atoms with Crippen LogP contribution >= 0.6 is 23.8 Å². The number of rotatable bonds is 4. The van der Waals surface area contributed by atoms with Crippen molar-refractivity contribution in [2.75, 3.05) is 37.6 Å². The molecular formula is C19H21ClN4S. The van der Waals surface area contributed by atoms with Crippen molar-refractivity contribution in [2.24, 2.45) is 0 Å². The lowest BCUT2D eigenvalue weighted by Gasteiger charge is -2.36. The number of H-pyrrole nitrogens is 2. The SMILES string of the molecule is S=c1[nH]c2ccc(CCN3CCN(c4cccc(Cl)c4)CC3)cc2[nH]1. The summed E-state index contributed by atoms with van der Waals surface area (Å²) in [5.74, 6) is 0. The number of nitrogens with zero attached hydrogens (tertiary/aromatic N) is 2. The minimum Gasteiger partial charge on any atom is -0.369 e. The number of nitrogens with one attached hydrogen (secondary N) is 2. The average Bonchev–Trinajstić information content (AvgIpc) is 2.99. The fourth-order valence-electron chi connectivity index (χ4n) is 3.42. The number of hydrogen-bond donors (Lipinski definition) is 2. The van der Waals surface area contributed by atoms with Gasteiger partial charge in [-0.25, -0.2) is 0 Å². The summed E-state index contributed by atoms with van der Waals surface area (Å²) in [6.07, 6.45) is 1.05. The predicted octanol–water partition coefficient (Wildman–Crippen LogP) is 4.24. The van der Waals surface area contributed by atoms with Crippen LogP contribution in [0.25, 0.3) is 11.0 Å². The van der Waals surface area contributed by atoms with Crippen molar-refractivity contribution in [1.29, 1.82) is 0 Å². The quantitative estimate of drug-likeness (QED) is 0.672. The molecular weight excluding hydrogens is 352 g/mol. The lowest BCUT2D eigenvalue weighted by Crippen LogP contribution is -2.47. The van der Waals surface area contributed by atoms with Gasteiger partial charge in [0.2, 0.25) is 0 Å². The molecule has 2 aromatic carbocycles. The molecule has 3 aromatic rings. The van der Waals surface area contributed by atoms with E-state index < -0.39 is 0 Å². The number of benzene rings is 2. The fourth-order valence-corrected chi connectivity index (χ4v) is 3.83. The van der Waals surface area contributed by atoms with Gasteiger partial charge in [0, 0.05) is 43.4 Å². The highest BCUT2D eigenvalue weighted by Gasteiger charge is 2.17. The largest absolute Gasteiger partial charge is 0.369 e. The second-order valence-electron chi connectivity index (χ2n) is 6.52.